The molecule has 0 saturated heterocycles. The van der Waals surface area contributed by atoms with E-state index in [0.717, 1.165) is 25.0 Å². The van der Waals surface area contributed by atoms with Crippen LogP contribution in [0.1, 0.15) is 23.2 Å². The zero-order valence-corrected chi connectivity index (χ0v) is 10.3. The van der Waals surface area contributed by atoms with Crippen LogP contribution >= 0.6 is 12.2 Å². The molecular weight excluding hydrogens is 258 g/mol. The van der Waals surface area contributed by atoms with Gasteiger partial charge in [-0.05, 0) is 37.0 Å². The van der Waals surface area contributed by atoms with Crippen LogP contribution in [0.25, 0.3) is 0 Å². The van der Waals surface area contributed by atoms with Crippen molar-refractivity contribution in [3.05, 3.63) is 35.4 Å². The van der Waals surface area contributed by atoms with Gasteiger partial charge in [-0.2, -0.15) is 0 Å². The number of nitrogens with two attached hydrogens (primary N) is 1. The molecule has 1 aliphatic rings. The second-order valence-corrected chi connectivity index (χ2v) is 4.79. The highest BCUT2D eigenvalue weighted by Crippen LogP contribution is 2.32. The molecule has 3 nitrogen and oxygen atoms in total. The van der Waals surface area contributed by atoms with E-state index >= 15 is 0 Å². The summed E-state index contributed by atoms with van der Waals surface area (Å²) in [6.07, 6.45) is 1.92. The van der Waals surface area contributed by atoms with Crippen LogP contribution < -0.4 is 11.1 Å². The van der Waals surface area contributed by atoms with Crippen LogP contribution in [0.4, 0.5) is 8.78 Å². The summed E-state index contributed by atoms with van der Waals surface area (Å²) in [5, 5.41) is 2.65. The second kappa shape index (κ2) is 4.97. The lowest BCUT2D eigenvalue weighted by Crippen LogP contribution is -2.45. The van der Waals surface area contributed by atoms with Gasteiger partial charge in [0.25, 0.3) is 5.91 Å². The highest BCUT2D eigenvalue weighted by Gasteiger charge is 2.34. The number of rotatable bonds is 4. The van der Waals surface area contributed by atoms with E-state index in [2.05, 4.69) is 5.32 Å². The SMILES string of the molecule is NC(=S)C(NC(=O)c1ccc(F)c(F)c1)C1CC1. The highest BCUT2D eigenvalue weighted by molar-refractivity contribution is 7.80. The Hall–Kier alpha value is -1.56. The normalized spacial score (nSPS) is 16.1. The Morgan fingerprint density at radius 3 is 2.56 bits per heavy atom. The Morgan fingerprint density at radius 1 is 1.39 bits per heavy atom. The van der Waals surface area contributed by atoms with Crippen LogP contribution in [0.3, 0.4) is 0 Å². The Morgan fingerprint density at radius 2 is 2.06 bits per heavy atom. The third-order valence-electron chi connectivity index (χ3n) is 2.87. The van der Waals surface area contributed by atoms with E-state index in [1.807, 2.05) is 0 Å². The molecule has 0 aliphatic heterocycles. The van der Waals surface area contributed by atoms with E-state index in [0.29, 0.717) is 0 Å². The lowest BCUT2D eigenvalue weighted by molar-refractivity contribution is 0.0943. The zero-order valence-electron chi connectivity index (χ0n) is 9.45. The van der Waals surface area contributed by atoms with Crippen molar-refractivity contribution in [2.24, 2.45) is 11.7 Å². The maximum atomic E-state index is 13.0. The smallest absolute Gasteiger partial charge is 0.251 e. The average molecular weight is 270 g/mol. The molecule has 3 N–H and O–H groups in total. The van der Waals surface area contributed by atoms with Crippen molar-refractivity contribution >= 4 is 23.1 Å². The van der Waals surface area contributed by atoms with Crippen molar-refractivity contribution in [1.82, 2.24) is 5.32 Å². The maximum Gasteiger partial charge on any atom is 0.251 e. The lowest BCUT2D eigenvalue weighted by Gasteiger charge is -2.16. The molecule has 0 aromatic heterocycles. The van der Waals surface area contributed by atoms with Gasteiger partial charge in [-0.15, -0.1) is 0 Å². The summed E-state index contributed by atoms with van der Waals surface area (Å²) in [6.45, 7) is 0. The number of hydrogen-bond acceptors (Lipinski definition) is 2. The van der Waals surface area contributed by atoms with Gasteiger partial charge in [0, 0.05) is 5.56 Å². The summed E-state index contributed by atoms with van der Waals surface area (Å²) in [7, 11) is 0. The van der Waals surface area contributed by atoms with Gasteiger partial charge >= 0.3 is 0 Å². The molecule has 1 saturated carbocycles. The van der Waals surface area contributed by atoms with Crippen molar-refractivity contribution in [2.45, 2.75) is 18.9 Å². The molecule has 1 aliphatic carbocycles. The monoisotopic (exact) mass is 270 g/mol. The number of thiocarbonyl (C=S) groups is 1. The minimum Gasteiger partial charge on any atom is -0.392 e. The predicted octanol–water partition coefficient (Wildman–Crippen LogP) is 1.76. The van der Waals surface area contributed by atoms with Crippen molar-refractivity contribution in [1.29, 1.82) is 0 Å². The molecule has 1 aromatic carbocycles. The standard InChI is InChI=1S/C12H12F2N2OS/c13-8-4-3-7(5-9(8)14)12(17)16-10(11(15)18)6-1-2-6/h3-6,10H,1-2H2,(H2,15,18)(H,16,17). The van der Waals surface area contributed by atoms with Crippen molar-refractivity contribution in [2.75, 3.05) is 0 Å². The first kappa shape index (κ1) is 12.9. The highest BCUT2D eigenvalue weighted by atomic mass is 32.1. The van der Waals surface area contributed by atoms with Crippen LogP contribution in [0, 0.1) is 17.6 Å². The quantitative estimate of drug-likeness (QED) is 0.820. The molecule has 1 atom stereocenters. The number of benzene rings is 1. The molecular formula is C12H12F2N2OS. The molecule has 6 heteroatoms. The van der Waals surface area contributed by atoms with E-state index in [1.165, 1.54) is 6.07 Å². The van der Waals surface area contributed by atoms with Gasteiger partial charge in [0.05, 0.1) is 11.0 Å². The summed E-state index contributed by atoms with van der Waals surface area (Å²) in [4.78, 5) is 12.1. The fourth-order valence-corrected chi connectivity index (χ4v) is 1.96. The number of amides is 1. The van der Waals surface area contributed by atoms with E-state index in [9.17, 15) is 13.6 Å². The molecule has 0 spiro atoms. The van der Waals surface area contributed by atoms with Gasteiger partial charge in [0.2, 0.25) is 0 Å². The Kier molecular flexibility index (Phi) is 3.56. The zero-order chi connectivity index (χ0) is 13.3. The molecule has 18 heavy (non-hydrogen) atoms. The van der Waals surface area contributed by atoms with Crippen molar-refractivity contribution in [3.63, 3.8) is 0 Å². The second-order valence-electron chi connectivity index (χ2n) is 4.32. The molecule has 1 fully saturated rings. The maximum absolute atomic E-state index is 13.0. The van der Waals surface area contributed by atoms with E-state index in [4.69, 9.17) is 18.0 Å². The number of carbonyl (C=O) groups is 1. The summed E-state index contributed by atoms with van der Waals surface area (Å²) in [5.74, 6) is -2.28. The lowest BCUT2D eigenvalue weighted by atomic mass is 10.1. The fraction of sp³-hybridized carbons (Fsp3) is 0.333. The van der Waals surface area contributed by atoms with Gasteiger partial charge in [-0.1, -0.05) is 12.2 Å². The molecule has 2 rings (SSSR count). The fourth-order valence-electron chi connectivity index (χ4n) is 1.71. The van der Waals surface area contributed by atoms with Crippen molar-refractivity contribution < 1.29 is 13.6 Å². The van der Waals surface area contributed by atoms with Crippen LogP contribution in [0.5, 0.6) is 0 Å². The Bertz CT molecular complexity index is 503. The molecule has 0 bridgehead atoms. The molecule has 1 amide bonds. The Labute approximate surface area is 108 Å². The summed E-state index contributed by atoms with van der Waals surface area (Å²) in [6, 6.07) is 2.61. The number of hydrogen-bond donors (Lipinski definition) is 2. The predicted molar refractivity (Wildman–Crippen MR) is 67.1 cm³/mol. The average Bonchev–Trinajstić information content (AvgIpc) is 3.13. The van der Waals surface area contributed by atoms with E-state index in [1.54, 1.807) is 0 Å². The van der Waals surface area contributed by atoms with Gasteiger partial charge < -0.3 is 11.1 Å². The molecule has 1 unspecified atom stereocenters. The van der Waals surface area contributed by atoms with Gasteiger partial charge in [-0.25, -0.2) is 8.78 Å². The van der Waals surface area contributed by atoms with E-state index < -0.39 is 17.5 Å². The van der Waals surface area contributed by atoms with Crippen LogP contribution in [-0.2, 0) is 0 Å². The minimum atomic E-state index is -1.05. The first-order valence-electron chi connectivity index (χ1n) is 5.54. The molecule has 0 heterocycles. The van der Waals surface area contributed by atoms with E-state index in [-0.39, 0.29) is 22.5 Å². The first-order valence-corrected chi connectivity index (χ1v) is 5.95. The minimum absolute atomic E-state index is 0.0517. The number of halogens is 2. The third-order valence-corrected chi connectivity index (χ3v) is 3.12. The van der Waals surface area contributed by atoms with Crippen LogP contribution in [-0.4, -0.2) is 16.9 Å². The number of nitrogens with one attached hydrogen (secondary N) is 1. The molecule has 1 aromatic rings. The topological polar surface area (TPSA) is 55.1 Å². The third kappa shape index (κ3) is 2.81. The summed E-state index contributed by atoms with van der Waals surface area (Å²) < 4.78 is 25.7. The van der Waals surface area contributed by atoms with Crippen LogP contribution in [0.15, 0.2) is 18.2 Å². The molecule has 0 radical (unpaired) electrons. The number of carbonyl (C=O) groups excluding carboxylic acids is 1. The Balaban J connectivity index is 2.10. The van der Waals surface area contributed by atoms with Gasteiger partial charge in [0.1, 0.15) is 0 Å². The first-order chi connectivity index (χ1) is 8.49. The molecule has 96 valence electrons. The largest absolute Gasteiger partial charge is 0.392 e. The van der Waals surface area contributed by atoms with Gasteiger partial charge in [-0.3, -0.25) is 4.79 Å². The van der Waals surface area contributed by atoms with Gasteiger partial charge in [0.15, 0.2) is 11.6 Å². The summed E-state index contributed by atoms with van der Waals surface area (Å²) >= 11 is 4.88. The summed E-state index contributed by atoms with van der Waals surface area (Å²) in [5.41, 5.74) is 5.59. The van der Waals surface area contributed by atoms with Crippen molar-refractivity contribution in [3.8, 4) is 0 Å². The van der Waals surface area contributed by atoms with Crippen LogP contribution in [0.2, 0.25) is 0 Å².